The van der Waals surface area contributed by atoms with Crippen molar-refractivity contribution in [2.45, 2.75) is 26.4 Å². The van der Waals surface area contributed by atoms with Gasteiger partial charge in [0.25, 0.3) is 0 Å². The molecule has 0 fully saturated rings. The molecule has 0 aliphatic carbocycles. The quantitative estimate of drug-likeness (QED) is 0.850. The van der Waals surface area contributed by atoms with Gasteiger partial charge in [0.05, 0.1) is 6.10 Å². The molecule has 0 saturated heterocycles. The third-order valence-corrected chi connectivity index (χ3v) is 3.39. The van der Waals surface area contributed by atoms with Crippen LogP contribution in [0.5, 0.6) is 0 Å². The second-order valence-electron chi connectivity index (χ2n) is 4.91. The van der Waals surface area contributed by atoms with Crippen molar-refractivity contribution in [2.24, 2.45) is 0 Å². The predicted molar refractivity (Wildman–Crippen MR) is 80.4 cm³/mol. The number of anilines is 1. The van der Waals surface area contributed by atoms with Crippen molar-refractivity contribution in [1.82, 2.24) is 0 Å². The number of hydrogen-bond acceptors (Lipinski definition) is 2. The standard InChI is InChI=1S/C17H21NO/c1-13-7-6-8-14(2)17(13)18-12-11-16(19)15-9-4-3-5-10-15/h3-10,16,18-19H,11-12H2,1-2H3. The van der Waals surface area contributed by atoms with Crippen LogP contribution in [-0.4, -0.2) is 11.7 Å². The van der Waals surface area contributed by atoms with Gasteiger partial charge < -0.3 is 10.4 Å². The monoisotopic (exact) mass is 255 g/mol. The fourth-order valence-electron chi connectivity index (χ4n) is 2.27. The molecule has 2 nitrogen and oxygen atoms in total. The minimum atomic E-state index is -0.405. The van der Waals surface area contributed by atoms with Crippen LogP contribution < -0.4 is 5.32 Å². The van der Waals surface area contributed by atoms with Gasteiger partial charge in [-0.2, -0.15) is 0 Å². The van der Waals surface area contributed by atoms with E-state index in [-0.39, 0.29) is 0 Å². The molecule has 0 aromatic heterocycles. The fourth-order valence-corrected chi connectivity index (χ4v) is 2.27. The van der Waals surface area contributed by atoms with Gasteiger partial charge in [0.15, 0.2) is 0 Å². The van der Waals surface area contributed by atoms with Gasteiger partial charge in [-0.05, 0) is 37.0 Å². The zero-order valence-corrected chi connectivity index (χ0v) is 11.6. The van der Waals surface area contributed by atoms with Crippen molar-refractivity contribution < 1.29 is 5.11 Å². The van der Waals surface area contributed by atoms with E-state index < -0.39 is 6.10 Å². The normalized spacial score (nSPS) is 12.2. The summed E-state index contributed by atoms with van der Waals surface area (Å²) in [6.45, 7) is 4.97. The molecule has 0 saturated carbocycles. The van der Waals surface area contributed by atoms with E-state index in [4.69, 9.17) is 0 Å². The maximum atomic E-state index is 10.1. The molecule has 2 heteroatoms. The molecule has 2 rings (SSSR count). The highest BCUT2D eigenvalue weighted by molar-refractivity contribution is 5.56. The van der Waals surface area contributed by atoms with Gasteiger partial charge in [-0.1, -0.05) is 48.5 Å². The number of nitrogens with one attached hydrogen (secondary N) is 1. The van der Waals surface area contributed by atoms with E-state index in [9.17, 15) is 5.11 Å². The molecule has 2 aromatic rings. The van der Waals surface area contributed by atoms with Gasteiger partial charge in [-0.3, -0.25) is 0 Å². The van der Waals surface area contributed by atoms with Crippen molar-refractivity contribution in [3.8, 4) is 0 Å². The SMILES string of the molecule is Cc1cccc(C)c1NCCC(O)c1ccccc1. The highest BCUT2D eigenvalue weighted by atomic mass is 16.3. The first kappa shape index (κ1) is 13.6. The van der Waals surface area contributed by atoms with E-state index in [0.29, 0.717) is 6.42 Å². The largest absolute Gasteiger partial charge is 0.388 e. The van der Waals surface area contributed by atoms with Crippen LogP contribution in [0.25, 0.3) is 0 Å². The third kappa shape index (κ3) is 3.58. The van der Waals surface area contributed by atoms with E-state index in [2.05, 4.69) is 37.4 Å². The third-order valence-electron chi connectivity index (χ3n) is 3.39. The zero-order chi connectivity index (χ0) is 13.7. The average Bonchev–Trinajstić information content (AvgIpc) is 2.43. The molecule has 0 heterocycles. The number of hydrogen-bond donors (Lipinski definition) is 2. The second kappa shape index (κ2) is 6.39. The first-order chi connectivity index (χ1) is 9.18. The summed E-state index contributed by atoms with van der Waals surface area (Å²) in [6, 6.07) is 16.1. The first-order valence-corrected chi connectivity index (χ1v) is 6.71. The minimum Gasteiger partial charge on any atom is -0.388 e. The summed E-state index contributed by atoms with van der Waals surface area (Å²) in [5.74, 6) is 0. The van der Waals surface area contributed by atoms with Crippen LogP contribution in [0.2, 0.25) is 0 Å². The van der Waals surface area contributed by atoms with Crippen LogP contribution in [0.15, 0.2) is 48.5 Å². The molecule has 0 amide bonds. The summed E-state index contributed by atoms with van der Waals surface area (Å²) in [5.41, 5.74) is 4.65. The topological polar surface area (TPSA) is 32.3 Å². The molecular weight excluding hydrogens is 234 g/mol. The van der Waals surface area contributed by atoms with Crippen molar-refractivity contribution in [3.63, 3.8) is 0 Å². The Morgan fingerprint density at radius 3 is 2.21 bits per heavy atom. The molecule has 0 aliphatic rings. The molecule has 0 bridgehead atoms. The summed E-state index contributed by atoms with van der Waals surface area (Å²) in [7, 11) is 0. The molecular formula is C17H21NO. The summed E-state index contributed by atoms with van der Waals surface area (Å²) in [6.07, 6.45) is 0.302. The van der Waals surface area contributed by atoms with Crippen LogP contribution in [0, 0.1) is 13.8 Å². The lowest BCUT2D eigenvalue weighted by Crippen LogP contribution is -2.09. The van der Waals surface area contributed by atoms with Gasteiger partial charge >= 0.3 is 0 Å². The Balaban J connectivity index is 1.90. The molecule has 2 N–H and O–H groups in total. The Bertz CT molecular complexity index is 502. The van der Waals surface area contributed by atoms with E-state index >= 15 is 0 Å². The number of aryl methyl sites for hydroxylation is 2. The van der Waals surface area contributed by atoms with E-state index in [1.807, 2.05) is 30.3 Å². The Kier molecular flexibility index (Phi) is 4.58. The molecule has 1 unspecified atom stereocenters. The van der Waals surface area contributed by atoms with E-state index in [1.165, 1.54) is 16.8 Å². The van der Waals surface area contributed by atoms with Crippen molar-refractivity contribution in [1.29, 1.82) is 0 Å². The molecule has 2 aromatic carbocycles. The van der Waals surface area contributed by atoms with Gasteiger partial charge in [-0.25, -0.2) is 0 Å². The highest BCUT2D eigenvalue weighted by Crippen LogP contribution is 2.21. The van der Waals surface area contributed by atoms with Crippen molar-refractivity contribution in [3.05, 3.63) is 65.2 Å². The number of rotatable bonds is 5. The van der Waals surface area contributed by atoms with Gasteiger partial charge in [0.2, 0.25) is 0 Å². The van der Waals surface area contributed by atoms with E-state index in [1.54, 1.807) is 0 Å². The van der Waals surface area contributed by atoms with Crippen molar-refractivity contribution in [2.75, 3.05) is 11.9 Å². The molecule has 19 heavy (non-hydrogen) atoms. The zero-order valence-electron chi connectivity index (χ0n) is 11.6. The Hall–Kier alpha value is -1.80. The number of aliphatic hydroxyl groups excluding tert-OH is 1. The predicted octanol–water partition coefficient (Wildman–Crippen LogP) is 3.84. The van der Waals surface area contributed by atoms with Gasteiger partial charge in [-0.15, -0.1) is 0 Å². The Labute approximate surface area is 115 Å². The maximum Gasteiger partial charge on any atom is 0.0806 e. The lowest BCUT2D eigenvalue weighted by Gasteiger charge is -2.15. The molecule has 100 valence electrons. The number of benzene rings is 2. The summed E-state index contributed by atoms with van der Waals surface area (Å²) >= 11 is 0. The lowest BCUT2D eigenvalue weighted by molar-refractivity contribution is 0.171. The van der Waals surface area contributed by atoms with Crippen LogP contribution in [0.4, 0.5) is 5.69 Å². The summed E-state index contributed by atoms with van der Waals surface area (Å²) in [5, 5.41) is 13.5. The van der Waals surface area contributed by atoms with Crippen LogP contribution in [-0.2, 0) is 0 Å². The summed E-state index contributed by atoms with van der Waals surface area (Å²) in [4.78, 5) is 0. The van der Waals surface area contributed by atoms with Crippen molar-refractivity contribution >= 4 is 5.69 Å². The molecule has 0 aliphatic heterocycles. The minimum absolute atomic E-state index is 0.405. The molecule has 0 radical (unpaired) electrons. The number of aliphatic hydroxyl groups is 1. The van der Waals surface area contributed by atoms with Crippen LogP contribution in [0.1, 0.15) is 29.2 Å². The fraction of sp³-hybridized carbons (Fsp3) is 0.294. The lowest BCUT2D eigenvalue weighted by atomic mass is 10.1. The Morgan fingerprint density at radius 2 is 1.58 bits per heavy atom. The number of para-hydroxylation sites is 1. The van der Waals surface area contributed by atoms with E-state index in [0.717, 1.165) is 12.1 Å². The van der Waals surface area contributed by atoms with Crippen LogP contribution in [0.3, 0.4) is 0 Å². The molecule has 0 spiro atoms. The first-order valence-electron chi connectivity index (χ1n) is 6.71. The van der Waals surface area contributed by atoms with Gasteiger partial charge in [0.1, 0.15) is 0 Å². The smallest absolute Gasteiger partial charge is 0.0806 e. The second-order valence-corrected chi connectivity index (χ2v) is 4.91. The maximum absolute atomic E-state index is 10.1. The van der Waals surface area contributed by atoms with Crippen LogP contribution >= 0.6 is 0 Å². The Morgan fingerprint density at radius 1 is 0.947 bits per heavy atom. The van der Waals surface area contributed by atoms with Gasteiger partial charge in [0, 0.05) is 12.2 Å². The summed E-state index contributed by atoms with van der Waals surface area (Å²) < 4.78 is 0. The average molecular weight is 255 g/mol. The highest BCUT2D eigenvalue weighted by Gasteiger charge is 2.07. The molecule has 1 atom stereocenters.